The molecule has 0 spiro atoms. The van der Waals surface area contributed by atoms with Gasteiger partial charge in [-0.15, -0.1) is 0 Å². The lowest BCUT2D eigenvalue weighted by Gasteiger charge is -2.11. The molecule has 90 valence electrons. The minimum atomic E-state index is -0.410. The highest BCUT2D eigenvalue weighted by molar-refractivity contribution is 5.87. The van der Waals surface area contributed by atoms with Crippen LogP contribution in [0, 0.1) is 0 Å². The van der Waals surface area contributed by atoms with Crippen LogP contribution in [0.15, 0.2) is 10.6 Å². The summed E-state index contributed by atoms with van der Waals surface area (Å²) in [5.74, 6) is 0.280. The number of rotatable bonds is 4. The van der Waals surface area contributed by atoms with Gasteiger partial charge in [0.25, 0.3) is 0 Å². The first kappa shape index (κ1) is 12.7. The summed E-state index contributed by atoms with van der Waals surface area (Å²) in [5.41, 5.74) is 0.107. The Labute approximate surface area is 96.0 Å². The van der Waals surface area contributed by atoms with E-state index in [-0.39, 0.29) is 11.1 Å². The molecule has 0 amide bonds. The van der Waals surface area contributed by atoms with E-state index in [1.807, 2.05) is 27.7 Å². The van der Waals surface area contributed by atoms with E-state index in [9.17, 15) is 4.79 Å². The molecule has 0 unspecified atom stereocenters. The predicted octanol–water partition coefficient (Wildman–Crippen LogP) is 2.93. The molecule has 4 nitrogen and oxygen atoms in total. The van der Waals surface area contributed by atoms with E-state index in [1.54, 1.807) is 6.07 Å². The lowest BCUT2D eigenvalue weighted by molar-refractivity contribution is 0.0488. The average Bonchev–Trinajstić information content (AvgIpc) is 2.66. The van der Waals surface area contributed by atoms with Gasteiger partial charge in [-0.3, -0.25) is 0 Å². The van der Waals surface area contributed by atoms with Crippen LogP contribution >= 0.6 is 0 Å². The second-order valence-corrected chi connectivity index (χ2v) is 4.82. The zero-order valence-electron chi connectivity index (χ0n) is 10.4. The van der Waals surface area contributed by atoms with E-state index in [2.05, 4.69) is 5.16 Å². The van der Waals surface area contributed by atoms with Crippen molar-refractivity contribution in [1.29, 1.82) is 0 Å². The van der Waals surface area contributed by atoms with Crippen molar-refractivity contribution < 1.29 is 14.1 Å². The summed E-state index contributed by atoms with van der Waals surface area (Å²) in [4.78, 5) is 11.5. The highest BCUT2D eigenvalue weighted by Crippen LogP contribution is 2.22. The number of aromatic nitrogens is 1. The van der Waals surface area contributed by atoms with E-state index in [0.717, 1.165) is 12.8 Å². The molecule has 0 saturated heterocycles. The second-order valence-electron chi connectivity index (χ2n) is 4.82. The predicted molar refractivity (Wildman–Crippen MR) is 60.4 cm³/mol. The molecule has 1 heterocycles. The number of carbonyl (C=O) groups is 1. The first-order chi connectivity index (χ1) is 7.45. The van der Waals surface area contributed by atoms with Crippen LogP contribution < -0.4 is 0 Å². The molecule has 1 aromatic heterocycles. The number of carbonyl (C=O) groups excluding carboxylic acids is 1. The average molecular weight is 225 g/mol. The molecule has 0 aromatic carbocycles. The maximum absolute atomic E-state index is 11.5. The molecule has 0 bridgehead atoms. The summed E-state index contributed by atoms with van der Waals surface area (Å²) in [7, 11) is 0. The van der Waals surface area contributed by atoms with Crippen LogP contribution in [-0.4, -0.2) is 17.7 Å². The SMILES string of the molecule is CCCCOC(=O)c1cc(C(C)(C)C)on1. The van der Waals surface area contributed by atoms with E-state index in [4.69, 9.17) is 9.26 Å². The second kappa shape index (κ2) is 5.14. The Balaban J connectivity index is 2.60. The van der Waals surface area contributed by atoms with Crippen molar-refractivity contribution in [3.8, 4) is 0 Å². The Morgan fingerprint density at radius 2 is 2.19 bits per heavy atom. The van der Waals surface area contributed by atoms with Crippen LogP contribution in [0.2, 0.25) is 0 Å². The molecule has 0 saturated carbocycles. The van der Waals surface area contributed by atoms with E-state index in [0.29, 0.717) is 12.4 Å². The number of hydrogen-bond acceptors (Lipinski definition) is 4. The van der Waals surface area contributed by atoms with Gasteiger partial charge in [-0.1, -0.05) is 39.3 Å². The fourth-order valence-electron chi connectivity index (χ4n) is 1.11. The van der Waals surface area contributed by atoms with Gasteiger partial charge in [0.05, 0.1) is 6.61 Å². The van der Waals surface area contributed by atoms with Gasteiger partial charge in [0.1, 0.15) is 5.76 Å². The molecule has 0 aliphatic heterocycles. The van der Waals surface area contributed by atoms with Crippen LogP contribution in [0.1, 0.15) is 56.8 Å². The summed E-state index contributed by atoms with van der Waals surface area (Å²) in [6.07, 6.45) is 1.87. The van der Waals surface area contributed by atoms with Crippen molar-refractivity contribution in [1.82, 2.24) is 5.16 Å². The van der Waals surface area contributed by atoms with Gasteiger partial charge in [-0.05, 0) is 6.42 Å². The third-order valence-electron chi connectivity index (χ3n) is 2.19. The number of esters is 1. The van der Waals surface area contributed by atoms with Crippen molar-refractivity contribution in [2.75, 3.05) is 6.61 Å². The lowest BCUT2D eigenvalue weighted by Crippen LogP contribution is -2.10. The topological polar surface area (TPSA) is 52.3 Å². The summed E-state index contributed by atoms with van der Waals surface area (Å²) in [6.45, 7) is 8.48. The van der Waals surface area contributed by atoms with Crippen LogP contribution in [0.5, 0.6) is 0 Å². The van der Waals surface area contributed by atoms with E-state index >= 15 is 0 Å². The van der Waals surface area contributed by atoms with Gasteiger partial charge in [0, 0.05) is 11.5 Å². The Bertz CT molecular complexity index is 349. The third-order valence-corrected chi connectivity index (χ3v) is 2.19. The number of nitrogens with zero attached hydrogens (tertiary/aromatic N) is 1. The van der Waals surface area contributed by atoms with E-state index in [1.165, 1.54) is 0 Å². The molecular formula is C12H19NO3. The van der Waals surface area contributed by atoms with Crippen LogP contribution in [0.3, 0.4) is 0 Å². The molecule has 0 fully saturated rings. The summed E-state index contributed by atoms with van der Waals surface area (Å²) < 4.78 is 10.1. The minimum absolute atomic E-state index is 0.144. The van der Waals surface area contributed by atoms with E-state index < -0.39 is 5.97 Å². The normalized spacial score (nSPS) is 11.5. The quantitative estimate of drug-likeness (QED) is 0.584. The van der Waals surface area contributed by atoms with Crippen LogP contribution in [0.25, 0.3) is 0 Å². The lowest BCUT2D eigenvalue weighted by atomic mass is 9.93. The molecule has 0 aliphatic carbocycles. The standard InChI is InChI=1S/C12H19NO3/c1-5-6-7-15-11(14)9-8-10(16-13-9)12(2,3)4/h8H,5-7H2,1-4H3. The molecule has 16 heavy (non-hydrogen) atoms. The Kier molecular flexibility index (Phi) is 4.10. The molecule has 0 radical (unpaired) electrons. The molecule has 1 aromatic rings. The van der Waals surface area contributed by atoms with Gasteiger partial charge in [-0.25, -0.2) is 4.79 Å². The summed E-state index contributed by atoms with van der Waals surface area (Å²) in [5, 5.41) is 3.71. The molecule has 0 aliphatic rings. The van der Waals surface area contributed by atoms with Gasteiger partial charge in [0.2, 0.25) is 0 Å². The minimum Gasteiger partial charge on any atom is -0.461 e. The third kappa shape index (κ3) is 3.36. The van der Waals surface area contributed by atoms with Crippen molar-refractivity contribution in [3.63, 3.8) is 0 Å². The van der Waals surface area contributed by atoms with Gasteiger partial charge in [-0.2, -0.15) is 0 Å². The molecule has 0 N–H and O–H groups in total. The molecular weight excluding hydrogens is 206 g/mol. The highest BCUT2D eigenvalue weighted by atomic mass is 16.5. The molecule has 4 heteroatoms. The largest absolute Gasteiger partial charge is 0.461 e. The monoisotopic (exact) mass is 225 g/mol. The first-order valence-corrected chi connectivity index (χ1v) is 5.59. The number of hydrogen-bond donors (Lipinski definition) is 0. The summed E-state index contributed by atoms with van der Waals surface area (Å²) in [6, 6.07) is 1.65. The Morgan fingerprint density at radius 3 is 2.69 bits per heavy atom. The summed E-state index contributed by atoms with van der Waals surface area (Å²) >= 11 is 0. The Morgan fingerprint density at radius 1 is 1.50 bits per heavy atom. The van der Waals surface area contributed by atoms with Gasteiger partial charge in [0.15, 0.2) is 5.69 Å². The zero-order chi connectivity index (χ0) is 12.2. The molecule has 0 atom stereocenters. The maximum atomic E-state index is 11.5. The molecule has 1 rings (SSSR count). The first-order valence-electron chi connectivity index (χ1n) is 5.59. The number of unbranched alkanes of at least 4 members (excludes halogenated alkanes) is 1. The van der Waals surface area contributed by atoms with Crippen molar-refractivity contribution in [2.45, 2.75) is 46.0 Å². The zero-order valence-corrected chi connectivity index (χ0v) is 10.4. The van der Waals surface area contributed by atoms with Crippen molar-refractivity contribution >= 4 is 5.97 Å². The maximum Gasteiger partial charge on any atom is 0.360 e. The Hall–Kier alpha value is -1.32. The fraction of sp³-hybridized carbons (Fsp3) is 0.667. The highest BCUT2D eigenvalue weighted by Gasteiger charge is 2.22. The number of ether oxygens (including phenoxy) is 1. The van der Waals surface area contributed by atoms with Gasteiger partial charge < -0.3 is 9.26 Å². The smallest absolute Gasteiger partial charge is 0.360 e. The van der Waals surface area contributed by atoms with Crippen LogP contribution in [0.4, 0.5) is 0 Å². The van der Waals surface area contributed by atoms with Crippen molar-refractivity contribution in [2.24, 2.45) is 0 Å². The van der Waals surface area contributed by atoms with Gasteiger partial charge >= 0.3 is 5.97 Å². The van der Waals surface area contributed by atoms with Crippen molar-refractivity contribution in [3.05, 3.63) is 17.5 Å². The fourth-order valence-corrected chi connectivity index (χ4v) is 1.11. The van der Waals surface area contributed by atoms with Crippen LogP contribution in [-0.2, 0) is 10.2 Å².